The second kappa shape index (κ2) is 7.59. The molecule has 0 aliphatic heterocycles. The summed E-state index contributed by atoms with van der Waals surface area (Å²) in [6.07, 6.45) is 1.22. The molecular weight excluding hydrogens is 258 g/mol. The summed E-state index contributed by atoms with van der Waals surface area (Å²) in [6.45, 7) is 4.63. The minimum absolute atomic E-state index is 0.0413. The van der Waals surface area contributed by atoms with Crippen molar-refractivity contribution in [2.45, 2.75) is 26.7 Å². The molecule has 110 valence electrons. The number of hydrogen-bond acceptors (Lipinski definition) is 4. The van der Waals surface area contributed by atoms with Crippen LogP contribution < -0.4 is 11.1 Å². The lowest BCUT2D eigenvalue weighted by Crippen LogP contribution is -2.23. The van der Waals surface area contributed by atoms with E-state index in [-0.39, 0.29) is 17.5 Å². The van der Waals surface area contributed by atoms with Crippen LogP contribution >= 0.6 is 0 Å². The molecule has 1 atom stereocenters. The molecule has 1 aromatic rings. The Morgan fingerprint density at radius 3 is 2.70 bits per heavy atom. The van der Waals surface area contributed by atoms with Gasteiger partial charge >= 0.3 is 0 Å². The fraction of sp³-hybridized carbons (Fsp3) is 0.500. The zero-order valence-electron chi connectivity index (χ0n) is 11.8. The van der Waals surface area contributed by atoms with Crippen molar-refractivity contribution in [3.8, 4) is 0 Å². The van der Waals surface area contributed by atoms with Crippen molar-refractivity contribution in [3.63, 3.8) is 0 Å². The van der Waals surface area contributed by atoms with E-state index in [0.29, 0.717) is 24.6 Å². The van der Waals surface area contributed by atoms with Gasteiger partial charge in [-0.05, 0) is 30.9 Å². The van der Waals surface area contributed by atoms with E-state index in [9.17, 15) is 14.9 Å². The molecule has 1 aromatic carbocycles. The van der Waals surface area contributed by atoms with E-state index in [1.807, 2.05) is 0 Å². The smallest absolute Gasteiger partial charge is 0.271 e. The predicted molar refractivity (Wildman–Crippen MR) is 78.3 cm³/mol. The van der Waals surface area contributed by atoms with Gasteiger partial charge in [0.2, 0.25) is 5.91 Å². The first kappa shape index (κ1) is 16.1. The number of carbonyl (C=O) groups is 1. The van der Waals surface area contributed by atoms with Gasteiger partial charge in [-0.1, -0.05) is 19.9 Å². The molecule has 0 heterocycles. The maximum Gasteiger partial charge on any atom is 0.271 e. The van der Waals surface area contributed by atoms with Crippen molar-refractivity contribution in [2.75, 3.05) is 11.9 Å². The highest BCUT2D eigenvalue weighted by Crippen LogP contribution is 2.19. The molecule has 20 heavy (non-hydrogen) atoms. The van der Waals surface area contributed by atoms with Crippen LogP contribution in [-0.2, 0) is 4.79 Å². The Balaban J connectivity index is 2.61. The molecule has 0 saturated heterocycles. The molecule has 0 radical (unpaired) electrons. The topological polar surface area (TPSA) is 98.3 Å². The minimum atomic E-state index is -0.489. The number of nitro benzene ring substituents is 1. The highest BCUT2D eigenvalue weighted by Gasteiger charge is 2.15. The summed E-state index contributed by atoms with van der Waals surface area (Å²) >= 11 is 0. The van der Waals surface area contributed by atoms with Gasteiger partial charge in [-0.3, -0.25) is 14.9 Å². The van der Waals surface area contributed by atoms with Gasteiger partial charge in [0.1, 0.15) is 0 Å². The molecule has 3 N–H and O–H groups in total. The average Bonchev–Trinajstić information content (AvgIpc) is 2.37. The summed E-state index contributed by atoms with van der Waals surface area (Å²) < 4.78 is 0. The Bertz CT molecular complexity index is 474. The van der Waals surface area contributed by atoms with E-state index in [2.05, 4.69) is 19.2 Å². The van der Waals surface area contributed by atoms with Gasteiger partial charge in [-0.2, -0.15) is 0 Å². The Labute approximate surface area is 118 Å². The Morgan fingerprint density at radius 1 is 1.45 bits per heavy atom. The Kier molecular flexibility index (Phi) is 6.11. The van der Waals surface area contributed by atoms with E-state index in [1.54, 1.807) is 12.1 Å². The van der Waals surface area contributed by atoms with E-state index in [0.717, 1.165) is 6.42 Å². The van der Waals surface area contributed by atoms with Gasteiger partial charge in [-0.15, -0.1) is 0 Å². The van der Waals surface area contributed by atoms with Gasteiger partial charge < -0.3 is 11.1 Å². The molecule has 1 unspecified atom stereocenters. The van der Waals surface area contributed by atoms with Crippen molar-refractivity contribution in [2.24, 2.45) is 17.6 Å². The number of rotatable bonds is 7. The maximum atomic E-state index is 11.9. The van der Waals surface area contributed by atoms with Crippen molar-refractivity contribution in [1.29, 1.82) is 0 Å². The number of anilines is 1. The zero-order valence-corrected chi connectivity index (χ0v) is 11.8. The lowest BCUT2D eigenvalue weighted by atomic mass is 9.94. The SMILES string of the molecule is CC(C)CC(CN)CC(=O)Nc1cccc([N+](=O)[O-])c1. The van der Waals surface area contributed by atoms with Crippen LogP contribution in [0.5, 0.6) is 0 Å². The van der Waals surface area contributed by atoms with Crippen molar-refractivity contribution in [3.05, 3.63) is 34.4 Å². The molecule has 6 nitrogen and oxygen atoms in total. The molecule has 0 fully saturated rings. The molecule has 1 amide bonds. The largest absolute Gasteiger partial charge is 0.330 e. The number of carbonyl (C=O) groups excluding carboxylic acids is 1. The first-order valence-corrected chi connectivity index (χ1v) is 6.66. The molecule has 0 aromatic heterocycles. The lowest BCUT2D eigenvalue weighted by molar-refractivity contribution is -0.384. The third-order valence-electron chi connectivity index (χ3n) is 2.95. The van der Waals surface area contributed by atoms with Gasteiger partial charge in [0.05, 0.1) is 4.92 Å². The standard InChI is InChI=1S/C14H21N3O3/c1-10(2)6-11(9-15)7-14(18)16-12-4-3-5-13(8-12)17(19)20/h3-5,8,10-11H,6-7,9,15H2,1-2H3,(H,16,18). The number of amides is 1. The van der Waals surface area contributed by atoms with E-state index in [4.69, 9.17) is 5.73 Å². The summed E-state index contributed by atoms with van der Waals surface area (Å²) in [5.74, 6) is 0.449. The highest BCUT2D eigenvalue weighted by molar-refractivity contribution is 5.91. The molecule has 0 bridgehead atoms. The molecule has 0 spiro atoms. The van der Waals surface area contributed by atoms with Crippen LogP contribution in [-0.4, -0.2) is 17.4 Å². The van der Waals surface area contributed by atoms with Crippen LogP contribution in [0.4, 0.5) is 11.4 Å². The summed E-state index contributed by atoms with van der Waals surface area (Å²) in [7, 11) is 0. The third-order valence-corrected chi connectivity index (χ3v) is 2.95. The van der Waals surface area contributed by atoms with Crippen LogP contribution in [0, 0.1) is 22.0 Å². The normalized spacial score (nSPS) is 12.2. The number of hydrogen-bond donors (Lipinski definition) is 2. The molecule has 1 rings (SSSR count). The molecule has 0 aliphatic carbocycles. The number of benzene rings is 1. The monoisotopic (exact) mass is 279 g/mol. The number of nitrogens with zero attached hydrogens (tertiary/aromatic N) is 1. The number of nitrogens with two attached hydrogens (primary N) is 1. The third kappa shape index (κ3) is 5.36. The number of non-ortho nitro benzene ring substituents is 1. The second-order valence-electron chi connectivity index (χ2n) is 5.29. The Hall–Kier alpha value is -1.95. The molecule has 6 heteroatoms. The van der Waals surface area contributed by atoms with Crippen LogP contribution in [0.15, 0.2) is 24.3 Å². The van der Waals surface area contributed by atoms with Gasteiger partial charge in [0, 0.05) is 24.2 Å². The number of nitrogens with one attached hydrogen (secondary N) is 1. The number of nitro groups is 1. The molecule has 0 saturated carbocycles. The zero-order chi connectivity index (χ0) is 15.1. The lowest BCUT2D eigenvalue weighted by Gasteiger charge is -2.16. The fourth-order valence-corrected chi connectivity index (χ4v) is 2.10. The minimum Gasteiger partial charge on any atom is -0.330 e. The van der Waals surface area contributed by atoms with Crippen LogP contribution in [0.2, 0.25) is 0 Å². The predicted octanol–water partition coefficient (Wildman–Crippen LogP) is 2.54. The maximum absolute atomic E-state index is 11.9. The molecule has 0 aliphatic rings. The van der Waals surface area contributed by atoms with Crippen LogP contribution in [0.3, 0.4) is 0 Å². The average molecular weight is 279 g/mol. The van der Waals surface area contributed by atoms with E-state index >= 15 is 0 Å². The second-order valence-corrected chi connectivity index (χ2v) is 5.29. The summed E-state index contributed by atoms with van der Waals surface area (Å²) in [5, 5.41) is 13.3. The van der Waals surface area contributed by atoms with E-state index < -0.39 is 4.92 Å². The van der Waals surface area contributed by atoms with Crippen molar-refractivity contribution >= 4 is 17.3 Å². The summed E-state index contributed by atoms with van der Waals surface area (Å²) in [4.78, 5) is 22.1. The Morgan fingerprint density at radius 2 is 2.15 bits per heavy atom. The van der Waals surface area contributed by atoms with Crippen molar-refractivity contribution < 1.29 is 9.72 Å². The van der Waals surface area contributed by atoms with Gasteiger partial charge in [0.15, 0.2) is 0 Å². The van der Waals surface area contributed by atoms with Crippen LogP contribution in [0.1, 0.15) is 26.7 Å². The summed E-state index contributed by atoms with van der Waals surface area (Å²) in [6, 6.07) is 5.90. The van der Waals surface area contributed by atoms with E-state index in [1.165, 1.54) is 12.1 Å². The molecular formula is C14H21N3O3. The first-order chi connectivity index (χ1) is 9.42. The van der Waals surface area contributed by atoms with Gasteiger partial charge in [0.25, 0.3) is 5.69 Å². The van der Waals surface area contributed by atoms with Crippen molar-refractivity contribution in [1.82, 2.24) is 0 Å². The quantitative estimate of drug-likeness (QED) is 0.592. The highest BCUT2D eigenvalue weighted by atomic mass is 16.6. The van der Waals surface area contributed by atoms with Gasteiger partial charge in [-0.25, -0.2) is 0 Å². The first-order valence-electron chi connectivity index (χ1n) is 6.66. The summed E-state index contributed by atoms with van der Waals surface area (Å²) in [5.41, 5.74) is 6.05. The fourth-order valence-electron chi connectivity index (χ4n) is 2.10. The van der Waals surface area contributed by atoms with Crippen LogP contribution in [0.25, 0.3) is 0 Å².